The van der Waals surface area contributed by atoms with Gasteiger partial charge in [-0.25, -0.2) is 0 Å². The van der Waals surface area contributed by atoms with E-state index in [1.165, 1.54) is 35.5 Å². The predicted octanol–water partition coefficient (Wildman–Crippen LogP) is 3.57. The zero-order valence-corrected chi connectivity index (χ0v) is 7.62. The van der Waals surface area contributed by atoms with Gasteiger partial charge in [0.2, 0.25) is 0 Å². The van der Waals surface area contributed by atoms with Crippen molar-refractivity contribution in [3.05, 3.63) is 23.0 Å². The Morgan fingerprint density at radius 1 is 1.00 bits per heavy atom. The normalized spacial score (nSPS) is 37.5. The van der Waals surface area contributed by atoms with Crippen LogP contribution in [0, 0.1) is 11.8 Å². The fourth-order valence-electron chi connectivity index (χ4n) is 2.22. The van der Waals surface area contributed by atoms with Crippen molar-refractivity contribution in [2.24, 2.45) is 11.8 Å². The molecule has 2 atom stereocenters. The third-order valence-corrected chi connectivity index (χ3v) is 3.99. The van der Waals surface area contributed by atoms with Gasteiger partial charge in [0, 0.05) is 0 Å². The molecule has 2 unspecified atom stereocenters. The molecule has 1 heteroatoms. The molecule has 2 fully saturated rings. The summed E-state index contributed by atoms with van der Waals surface area (Å²) < 4.78 is 0. The molecule has 1 aliphatic carbocycles. The molecule has 60 valence electrons. The van der Waals surface area contributed by atoms with Gasteiger partial charge in [-0.2, -0.15) is 0 Å². The van der Waals surface area contributed by atoms with Crippen LogP contribution in [0.1, 0.15) is 25.7 Å². The largest absolute Gasteiger partial charge is 0.0996 e. The average Bonchev–Trinajstić information content (AvgIpc) is 2.30. The van der Waals surface area contributed by atoms with Crippen LogP contribution in [0.2, 0.25) is 0 Å². The molecule has 0 bridgehead atoms. The molecular weight excluding hydrogens is 152 g/mol. The Balaban J connectivity index is 2.19. The minimum absolute atomic E-state index is 0.779. The SMILES string of the molecule is C=C1SC(=C)C2CCCCC12. The van der Waals surface area contributed by atoms with Crippen LogP contribution in [0.15, 0.2) is 23.0 Å². The van der Waals surface area contributed by atoms with Crippen molar-refractivity contribution in [1.29, 1.82) is 0 Å². The summed E-state index contributed by atoms with van der Waals surface area (Å²) in [4.78, 5) is 2.75. The van der Waals surface area contributed by atoms with Crippen LogP contribution in [0.4, 0.5) is 0 Å². The van der Waals surface area contributed by atoms with Crippen molar-refractivity contribution in [2.75, 3.05) is 0 Å². The number of hydrogen-bond acceptors (Lipinski definition) is 1. The Kier molecular flexibility index (Phi) is 1.84. The molecule has 1 saturated carbocycles. The number of rotatable bonds is 0. The molecule has 11 heavy (non-hydrogen) atoms. The van der Waals surface area contributed by atoms with E-state index in [1.54, 1.807) is 0 Å². The molecule has 0 aromatic carbocycles. The molecule has 0 amide bonds. The van der Waals surface area contributed by atoms with Gasteiger partial charge in [0.05, 0.1) is 0 Å². The third-order valence-electron chi connectivity index (χ3n) is 2.86. The van der Waals surface area contributed by atoms with Crippen molar-refractivity contribution in [2.45, 2.75) is 25.7 Å². The van der Waals surface area contributed by atoms with E-state index in [9.17, 15) is 0 Å². The van der Waals surface area contributed by atoms with E-state index in [4.69, 9.17) is 0 Å². The molecule has 1 heterocycles. The van der Waals surface area contributed by atoms with Crippen molar-refractivity contribution >= 4 is 11.8 Å². The highest BCUT2D eigenvalue weighted by atomic mass is 32.2. The van der Waals surface area contributed by atoms with Gasteiger partial charge in [-0.15, -0.1) is 0 Å². The highest BCUT2D eigenvalue weighted by Gasteiger charge is 2.35. The minimum Gasteiger partial charge on any atom is -0.0996 e. The zero-order valence-electron chi connectivity index (χ0n) is 6.81. The summed E-state index contributed by atoms with van der Waals surface area (Å²) >= 11 is 1.84. The van der Waals surface area contributed by atoms with Gasteiger partial charge in [-0.3, -0.25) is 0 Å². The van der Waals surface area contributed by atoms with E-state index < -0.39 is 0 Å². The van der Waals surface area contributed by atoms with E-state index in [1.807, 2.05) is 11.8 Å². The Morgan fingerprint density at radius 2 is 1.45 bits per heavy atom. The van der Waals surface area contributed by atoms with E-state index in [0.29, 0.717) is 0 Å². The first-order valence-corrected chi connectivity index (χ1v) is 5.16. The zero-order chi connectivity index (χ0) is 7.84. The molecule has 0 radical (unpaired) electrons. The Hall–Kier alpha value is -0.170. The van der Waals surface area contributed by atoms with Gasteiger partial charge in [-0.05, 0) is 34.5 Å². The molecular formula is C10H14S. The lowest BCUT2D eigenvalue weighted by molar-refractivity contribution is 0.338. The summed E-state index contributed by atoms with van der Waals surface area (Å²) in [7, 11) is 0. The molecule has 2 rings (SSSR count). The Labute approximate surface area is 72.8 Å². The third kappa shape index (κ3) is 1.16. The number of fused-ring (bicyclic) bond motifs is 1. The minimum atomic E-state index is 0.779. The lowest BCUT2D eigenvalue weighted by Crippen LogP contribution is -2.14. The highest BCUT2D eigenvalue weighted by Crippen LogP contribution is 2.53. The van der Waals surface area contributed by atoms with Gasteiger partial charge in [-0.1, -0.05) is 37.8 Å². The fourth-order valence-corrected chi connectivity index (χ4v) is 3.43. The molecule has 0 aromatic heterocycles. The maximum atomic E-state index is 4.09. The molecule has 2 aliphatic rings. The van der Waals surface area contributed by atoms with Crippen LogP contribution >= 0.6 is 11.8 Å². The Morgan fingerprint density at radius 3 is 1.91 bits per heavy atom. The van der Waals surface area contributed by atoms with E-state index >= 15 is 0 Å². The van der Waals surface area contributed by atoms with Crippen LogP contribution in [0.3, 0.4) is 0 Å². The maximum Gasteiger partial charge on any atom is -0.00306 e. The summed E-state index contributed by atoms with van der Waals surface area (Å²) in [6, 6.07) is 0. The standard InChI is InChI=1S/C10H14S/c1-7-9-5-3-4-6-10(9)8(2)11-7/h9-10H,1-6H2. The second-order valence-electron chi connectivity index (χ2n) is 3.53. The summed E-state index contributed by atoms with van der Waals surface area (Å²) in [5, 5.41) is 0. The number of thioether (sulfide) groups is 1. The summed E-state index contributed by atoms with van der Waals surface area (Å²) in [5.74, 6) is 1.56. The van der Waals surface area contributed by atoms with Gasteiger partial charge in [0.15, 0.2) is 0 Å². The van der Waals surface area contributed by atoms with Crippen LogP contribution in [0.25, 0.3) is 0 Å². The first kappa shape index (κ1) is 7.48. The van der Waals surface area contributed by atoms with Crippen molar-refractivity contribution in [3.63, 3.8) is 0 Å². The summed E-state index contributed by atoms with van der Waals surface area (Å²) in [6.07, 6.45) is 5.51. The second kappa shape index (κ2) is 2.71. The monoisotopic (exact) mass is 166 g/mol. The molecule has 1 aliphatic heterocycles. The smallest absolute Gasteiger partial charge is 0.00306 e. The molecule has 0 spiro atoms. The first-order chi connectivity index (χ1) is 5.29. The lowest BCUT2D eigenvalue weighted by Gasteiger charge is -2.24. The van der Waals surface area contributed by atoms with Crippen LogP contribution in [-0.2, 0) is 0 Å². The van der Waals surface area contributed by atoms with Crippen LogP contribution < -0.4 is 0 Å². The van der Waals surface area contributed by atoms with Crippen molar-refractivity contribution in [1.82, 2.24) is 0 Å². The van der Waals surface area contributed by atoms with Crippen LogP contribution in [-0.4, -0.2) is 0 Å². The summed E-state index contributed by atoms with van der Waals surface area (Å²) in [6.45, 7) is 8.18. The topological polar surface area (TPSA) is 0 Å². The number of allylic oxidation sites excluding steroid dienone is 2. The molecule has 0 N–H and O–H groups in total. The van der Waals surface area contributed by atoms with Gasteiger partial charge >= 0.3 is 0 Å². The fraction of sp³-hybridized carbons (Fsp3) is 0.600. The van der Waals surface area contributed by atoms with Gasteiger partial charge in [0.25, 0.3) is 0 Å². The summed E-state index contributed by atoms with van der Waals surface area (Å²) in [5.41, 5.74) is 0. The van der Waals surface area contributed by atoms with Gasteiger partial charge in [0.1, 0.15) is 0 Å². The van der Waals surface area contributed by atoms with Crippen molar-refractivity contribution in [3.8, 4) is 0 Å². The predicted molar refractivity (Wildman–Crippen MR) is 51.3 cm³/mol. The Bertz CT molecular complexity index is 183. The number of hydrogen-bond donors (Lipinski definition) is 0. The second-order valence-corrected chi connectivity index (χ2v) is 4.79. The van der Waals surface area contributed by atoms with Gasteiger partial charge < -0.3 is 0 Å². The first-order valence-electron chi connectivity index (χ1n) is 4.34. The van der Waals surface area contributed by atoms with E-state index in [-0.39, 0.29) is 0 Å². The molecule has 0 nitrogen and oxygen atoms in total. The highest BCUT2D eigenvalue weighted by molar-refractivity contribution is 8.07. The quantitative estimate of drug-likeness (QED) is 0.530. The average molecular weight is 166 g/mol. The molecule has 1 saturated heterocycles. The van der Waals surface area contributed by atoms with E-state index in [2.05, 4.69) is 13.2 Å². The molecule has 0 aromatic rings. The van der Waals surface area contributed by atoms with Crippen molar-refractivity contribution < 1.29 is 0 Å². The van der Waals surface area contributed by atoms with E-state index in [0.717, 1.165) is 11.8 Å². The van der Waals surface area contributed by atoms with Crippen LogP contribution in [0.5, 0.6) is 0 Å². The maximum absolute atomic E-state index is 4.09. The lowest BCUT2D eigenvalue weighted by atomic mass is 9.79.